The molecule has 0 aromatic heterocycles. The molecule has 0 saturated carbocycles. The molecule has 2 aromatic rings. The summed E-state index contributed by atoms with van der Waals surface area (Å²) in [5, 5.41) is 10.8. The van der Waals surface area contributed by atoms with E-state index in [1.54, 1.807) is 19.9 Å². The van der Waals surface area contributed by atoms with Crippen molar-refractivity contribution in [2.75, 3.05) is 0 Å². The lowest BCUT2D eigenvalue weighted by Gasteiger charge is -2.14. The summed E-state index contributed by atoms with van der Waals surface area (Å²) in [6.45, 7) is 3.27. The Balaban J connectivity index is 2.37. The molecule has 21 heavy (non-hydrogen) atoms. The van der Waals surface area contributed by atoms with E-state index in [0.29, 0.717) is 17.1 Å². The van der Waals surface area contributed by atoms with Gasteiger partial charge in [0.2, 0.25) is 0 Å². The molecule has 0 aliphatic carbocycles. The molecule has 2 rings (SSSR count). The van der Waals surface area contributed by atoms with Crippen molar-refractivity contribution in [2.24, 2.45) is 5.73 Å². The van der Waals surface area contributed by atoms with Crippen LogP contribution in [0.2, 0.25) is 0 Å². The quantitative estimate of drug-likeness (QED) is 0.685. The molecule has 6 heteroatoms. The number of nitro benzene ring substituents is 1. The fraction of sp³-hybridized carbons (Fsp3) is 0.200. The predicted molar refractivity (Wildman–Crippen MR) is 76.9 cm³/mol. The normalized spacial score (nSPS) is 12.0. The van der Waals surface area contributed by atoms with Gasteiger partial charge in [0.25, 0.3) is 5.69 Å². The highest BCUT2D eigenvalue weighted by Gasteiger charge is 2.16. The minimum atomic E-state index is -0.527. The molecule has 110 valence electrons. The SMILES string of the molecule is Cc1cc(Oc2cccc(F)c2[C@H](C)N)ccc1[N+](=O)[O-]. The number of nitrogens with two attached hydrogens (primary N) is 1. The monoisotopic (exact) mass is 290 g/mol. The minimum Gasteiger partial charge on any atom is -0.457 e. The molecule has 0 aliphatic rings. The first-order valence-corrected chi connectivity index (χ1v) is 6.37. The molecular formula is C15H15FN2O3. The van der Waals surface area contributed by atoms with E-state index in [4.69, 9.17) is 10.5 Å². The Morgan fingerprint density at radius 3 is 2.62 bits per heavy atom. The summed E-state index contributed by atoms with van der Waals surface area (Å²) in [5.41, 5.74) is 6.50. The van der Waals surface area contributed by atoms with Crippen LogP contribution in [0.4, 0.5) is 10.1 Å². The molecule has 0 saturated heterocycles. The molecule has 2 N–H and O–H groups in total. The summed E-state index contributed by atoms with van der Waals surface area (Å²) < 4.78 is 19.4. The average molecular weight is 290 g/mol. The fourth-order valence-electron chi connectivity index (χ4n) is 2.07. The van der Waals surface area contributed by atoms with Gasteiger partial charge in [-0.3, -0.25) is 10.1 Å². The third-order valence-corrected chi connectivity index (χ3v) is 3.06. The van der Waals surface area contributed by atoms with Gasteiger partial charge in [-0.15, -0.1) is 0 Å². The maximum Gasteiger partial charge on any atom is 0.272 e. The zero-order valence-corrected chi connectivity index (χ0v) is 11.7. The summed E-state index contributed by atoms with van der Waals surface area (Å²) in [4.78, 5) is 10.3. The van der Waals surface area contributed by atoms with Crippen LogP contribution in [-0.4, -0.2) is 4.92 Å². The predicted octanol–water partition coefficient (Wildman–Crippen LogP) is 3.85. The second-order valence-electron chi connectivity index (χ2n) is 4.75. The molecule has 0 radical (unpaired) electrons. The van der Waals surface area contributed by atoms with Crippen molar-refractivity contribution in [3.05, 3.63) is 63.5 Å². The van der Waals surface area contributed by atoms with Gasteiger partial charge in [0, 0.05) is 23.2 Å². The van der Waals surface area contributed by atoms with E-state index >= 15 is 0 Å². The van der Waals surface area contributed by atoms with Crippen molar-refractivity contribution in [3.63, 3.8) is 0 Å². The molecule has 0 unspecified atom stereocenters. The van der Waals surface area contributed by atoms with Crippen LogP contribution < -0.4 is 10.5 Å². The topological polar surface area (TPSA) is 78.4 Å². The highest BCUT2D eigenvalue weighted by molar-refractivity contribution is 5.47. The molecule has 2 aromatic carbocycles. The van der Waals surface area contributed by atoms with Gasteiger partial charge in [0.05, 0.1) is 4.92 Å². The third-order valence-electron chi connectivity index (χ3n) is 3.06. The Bertz CT molecular complexity index is 687. The van der Waals surface area contributed by atoms with E-state index in [0.717, 1.165) is 0 Å². The number of aryl methyl sites for hydroxylation is 1. The zero-order chi connectivity index (χ0) is 15.6. The van der Waals surface area contributed by atoms with Crippen molar-refractivity contribution < 1.29 is 14.1 Å². The molecule has 1 atom stereocenters. The number of rotatable bonds is 4. The number of nitrogens with zero attached hydrogens (tertiary/aromatic N) is 1. The summed E-state index contributed by atoms with van der Waals surface area (Å²) in [6.07, 6.45) is 0. The van der Waals surface area contributed by atoms with Crippen LogP contribution in [0.15, 0.2) is 36.4 Å². The van der Waals surface area contributed by atoms with Crippen LogP contribution in [0.5, 0.6) is 11.5 Å². The first-order chi connectivity index (χ1) is 9.90. The van der Waals surface area contributed by atoms with Crippen LogP contribution in [0.3, 0.4) is 0 Å². The number of hydrogen-bond donors (Lipinski definition) is 1. The Hall–Kier alpha value is -2.47. The number of hydrogen-bond acceptors (Lipinski definition) is 4. The van der Waals surface area contributed by atoms with Gasteiger partial charge in [0.15, 0.2) is 0 Å². The van der Waals surface area contributed by atoms with Crippen molar-refractivity contribution in [2.45, 2.75) is 19.9 Å². The van der Waals surface area contributed by atoms with Gasteiger partial charge in [-0.2, -0.15) is 0 Å². The van der Waals surface area contributed by atoms with Gasteiger partial charge in [-0.25, -0.2) is 4.39 Å². The second kappa shape index (κ2) is 5.88. The lowest BCUT2D eigenvalue weighted by Crippen LogP contribution is -2.09. The molecule has 0 amide bonds. The smallest absolute Gasteiger partial charge is 0.272 e. The highest BCUT2D eigenvalue weighted by Crippen LogP contribution is 2.32. The first kappa shape index (κ1) is 14.9. The van der Waals surface area contributed by atoms with Gasteiger partial charge in [0.1, 0.15) is 17.3 Å². The van der Waals surface area contributed by atoms with Crippen molar-refractivity contribution in [1.82, 2.24) is 0 Å². The maximum atomic E-state index is 13.8. The Kier molecular flexibility index (Phi) is 4.18. The van der Waals surface area contributed by atoms with Gasteiger partial charge < -0.3 is 10.5 Å². The molecule has 0 aliphatic heterocycles. The second-order valence-corrected chi connectivity index (χ2v) is 4.75. The first-order valence-electron chi connectivity index (χ1n) is 6.37. The number of halogens is 1. The lowest BCUT2D eigenvalue weighted by molar-refractivity contribution is -0.385. The molecule has 0 fully saturated rings. The zero-order valence-electron chi connectivity index (χ0n) is 11.7. The number of nitro groups is 1. The standard InChI is InChI=1S/C15H15FN2O3/c1-9-8-11(6-7-13(9)18(19)20)21-14-5-3-4-12(16)15(14)10(2)17/h3-8,10H,17H2,1-2H3/t10-/m0/s1. The largest absolute Gasteiger partial charge is 0.457 e. The van der Waals surface area contributed by atoms with Crippen molar-refractivity contribution in [3.8, 4) is 11.5 Å². The van der Waals surface area contributed by atoms with Crippen molar-refractivity contribution >= 4 is 5.69 Å². The third kappa shape index (κ3) is 3.17. The molecule has 5 nitrogen and oxygen atoms in total. The van der Waals surface area contributed by atoms with Crippen LogP contribution in [0.25, 0.3) is 0 Å². The van der Waals surface area contributed by atoms with Crippen LogP contribution >= 0.6 is 0 Å². The Morgan fingerprint density at radius 1 is 1.33 bits per heavy atom. The fourth-order valence-corrected chi connectivity index (χ4v) is 2.07. The molecular weight excluding hydrogens is 275 g/mol. The van der Waals surface area contributed by atoms with Gasteiger partial charge >= 0.3 is 0 Å². The maximum absolute atomic E-state index is 13.8. The minimum absolute atomic E-state index is 0.00834. The highest BCUT2D eigenvalue weighted by atomic mass is 19.1. The van der Waals surface area contributed by atoms with E-state index in [1.165, 1.54) is 30.3 Å². The average Bonchev–Trinajstić information content (AvgIpc) is 2.37. The number of benzene rings is 2. The van der Waals surface area contributed by atoms with Crippen molar-refractivity contribution in [1.29, 1.82) is 0 Å². The van der Waals surface area contributed by atoms with Crippen LogP contribution in [0, 0.1) is 22.9 Å². The summed E-state index contributed by atoms with van der Waals surface area (Å²) in [6, 6.07) is 8.28. The lowest BCUT2D eigenvalue weighted by atomic mass is 10.1. The molecule has 0 spiro atoms. The molecule has 0 bridgehead atoms. The Morgan fingerprint density at radius 2 is 2.05 bits per heavy atom. The van der Waals surface area contributed by atoms with Gasteiger partial charge in [-0.05, 0) is 38.1 Å². The molecule has 0 heterocycles. The van der Waals surface area contributed by atoms with E-state index in [2.05, 4.69) is 0 Å². The summed E-state index contributed by atoms with van der Waals surface area (Å²) >= 11 is 0. The summed E-state index contributed by atoms with van der Waals surface area (Å²) in [7, 11) is 0. The van der Waals surface area contributed by atoms with Gasteiger partial charge in [-0.1, -0.05) is 6.07 Å². The number of ether oxygens (including phenoxy) is 1. The Labute approximate surface area is 121 Å². The van der Waals surface area contributed by atoms with E-state index < -0.39 is 16.8 Å². The van der Waals surface area contributed by atoms with E-state index in [9.17, 15) is 14.5 Å². The van der Waals surface area contributed by atoms with E-state index in [-0.39, 0.29) is 11.3 Å². The van der Waals surface area contributed by atoms with Crippen LogP contribution in [0.1, 0.15) is 24.1 Å². The van der Waals surface area contributed by atoms with Crippen LogP contribution in [-0.2, 0) is 0 Å². The van der Waals surface area contributed by atoms with E-state index in [1.807, 2.05) is 0 Å². The summed E-state index contributed by atoms with van der Waals surface area (Å²) in [5.74, 6) is 0.255.